The number of hydrogen-bond donors (Lipinski definition) is 1. The highest BCUT2D eigenvalue weighted by molar-refractivity contribution is 5.77. The molecule has 4 aromatic rings. The Balaban J connectivity index is 1.43. The summed E-state index contributed by atoms with van der Waals surface area (Å²) >= 11 is 0. The van der Waals surface area contributed by atoms with E-state index in [2.05, 4.69) is 25.7 Å². The third kappa shape index (κ3) is 4.08. The number of aromatic nitrogens is 5. The Morgan fingerprint density at radius 3 is 2.93 bits per heavy atom. The number of hydrogen-bond acceptors (Lipinski definition) is 7. The van der Waals surface area contributed by atoms with E-state index in [0.29, 0.717) is 40.9 Å². The fourth-order valence-corrected chi connectivity index (χ4v) is 2.84. The molecule has 0 bridgehead atoms. The Hall–Kier alpha value is -3.75. The predicted octanol–water partition coefficient (Wildman–Crippen LogP) is 2.35. The third-order valence-corrected chi connectivity index (χ3v) is 4.32. The van der Waals surface area contributed by atoms with Crippen LogP contribution in [-0.4, -0.2) is 37.3 Å². The lowest BCUT2D eigenvalue weighted by Crippen LogP contribution is -2.29. The summed E-state index contributed by atoms with van der Waals surface area (Å²) in [5, 5.41) is 15.1. The van der Waals surface area contributed by atoms with Gasteiger partial charge in [-0.3, -0.25) is 9.20 Å². The minimum Gasteiger partial charge on any atom is -0.484 e. The molecular weight excluding hydrogens is 372 g/mol. The van der Waals surface area contributed by atoms with Crippen molar-refractivity contribution >= 4 is 11.6 Å². The molecule has 0 aliphatic rings. The maximum Gasteiger partial charge on any atom is 0.261 e. The Morgan fingerprint density at radius 2 is 2.14 bits per heavy atom. The largest absolute Gasteiger partial charge is 0.484 e. The summed E-state index contributed by atoms with van der Waals surface area (Å²) in [6, 6.07) is 11.2. The molecule has 9 nitrogen and oxygen atoms in total. The lowest BCUT2D eigenvalue weighted by molar-refractivity contribution is -0.123. The van der Waals surface area contributed by atoms with E-state index in [1.165, 1.54) is 0 Å². The molecule has 0 fully saturated rings. The van der Waals surface area contributed by atoms with E-state index in [1.807, 2.05) is 56.4 Å². The van der Waals surface area contributed by atoms with E-state index in [-0.39, 0.29) is 19.1 Å². The first-order valence-electron chi connectivity index (χ1n) is 9.26. The van der Waals surface area contributed by atoms with E-state index < -0.39 is 0 Å². The molecule has 9 heteroatoms. The van der Waals surface area contributed by atoms with Crippen LogP contribution in [0.25, 0.3) is 17.1 Å². The first-order chi connectivity index (χ1) is 14.1. The number of fused-ring (bicyclic) bond motifs is 1. The number of nitrogens with zero attached hydrogens (tertiary/aromatic N) is 5. The van der Waals surface area contributed by atoms with Crippen LogP contribution in [0.1, 0.15) is 24.1 Å². The van der Waals surface area contributed by atoms with Gasteiger partial charge in [0.15, 0.2) is 23.9 Å². The molecule has 29 heavy (non-hydrogen) atoms. The molecular formula is C20H20N6O3. The fraction of sp³-hybridized carbons (Fsp3) is 0.250. The van der Waals surface area contributed by atoms with Crippen LogP contribution in [-0.2, 0) is 17.8 Å². The maximum atomic E-state index is 12.1. The molecule has 0 radical (unpaired) electrons. The number of ether oxygens (including phenoxy) is 1. The lowest BCUT2D eigenvalue weighted by Gasteiger charge is -2.07. The zero-order valence-corrected chi connectivity index (χ0v) is 16.1. The van der Waals surface area contributed by atoms with Gasteiger partial charge in [-0.05, 0) is 36.8 Å². The molecule has 3 aromatic heterocycles. The van der Waals surface area contributed by atoms with E-state index in [9.17, 15) is 4.79 Å². The minimum absolute atomic E-state index is 0.0762. The van der Waals surface area contributed by atoms with E-state index in [4.69, 9.17) is 9.26 Å². The van der Waals surface area contributed by atoms with Crippen LogP contribution in [0.2, 0.25) is 0 Å². The molecule has 0 aliphatic heterocycles. The predicted molar refractivity (Wildman–Crippen MR) is 104 cm³/mol. The second-order valence-electron chi connectivity index (χ2n) is 6.48. The molecule has 0 spiro atoms. The van der Waals surface area contributed by atoms with Crippen LogP contribution in [0.5, 0.6) is 5.75 Å². The van der Waals surface area contributed by atoms with Crippen molar-refractivity contribution in [2.24, 2.45) is 0 Å². The van der Waals surface area contributed by atoms with Crippen LogP contribution in [0.3, 0.4) is 0 Å². The molecule has 1 amide bonds. The van der Waals surface area contributed by atoms with Crippen molar-refractivity contribution in [3.63, 3.8) is 0 Å². The number of carbonyl (C=O) groups is 1. The maximum absolute atomic E-state index is 12.1. The van der Waals surface area contributed by atoms with Crippen molar-refractivity contribution in [3.05, 3.63) is 59.8 Å². The van der Waals surface area contributed by atoms with Gasteiger partial charge in [0, 0.05) is 12.6 Å². The second kappa shape index (κ2) is 8.09. The summed E-state index contributed by atoms with van der Waals surface area (Å²) in [7, 11) is 0. The van der Waals surface area contributed by atoms with Gasteiger partial charge < -0.3 is 14.6 Å². The molecule has 3 heterocycles. The molecule has 1 aromatic carbocycles. The zero-order chi connectivity index (χ0) is 20.2. The van der Waals surface area contributed by atoms with Gasteiger partial charge in [0.1, 0.15) is 5.75 Å². The molecule has 1 N–H and O–H groups in total. The fourth-order valence-electron chi connectivity index (χ4n) is 2.84. The van der Waals surface area contributed by atoms with Crippen molar-refractivity contribution in [2.45, 2.75) is 26.8 Å². The van der Waals surface area contributed by atoms with Crippen LogP contribution in [0, 0.1) is 6.92 Å². The van der Waals surface area contributed by atoms with Crippen molar-refractivity contribution < 1.29 is 14.1 Å². The number of aryl methyl sites for hydroxylation is 2. The number of nitrogens with one attached hydrogen (secondary N) is 1. The van der Waals surface area contributed by atoms with Gasteiger partial charge in [0.2, 0.25) is 0 Å². The van der Waals surface area contributed by atoms with Gasteiger partial charge >= 0.3 is 0 Å². The summed E-state index contributed by atoms with van der Waals surface area (Å²) in [6.45, 7) is 4.06. The summed E-state index contributed by atoms with van der Waals surface area (Å²) in [5.41, 5.74) is 2.34. The van der Waals surface area contributed by atoms with Crippen molar-refractivity contribution in [1.29, 1.82) is 0 Å². The minimum atomic E-state index is -0.246. The van der Waals surface area contributed by atoms with E-state index in [1.54, 1.807) is 4.40 Å². The van der Waals surface area contributed by atoms with Gasteiger partial charge in [-0.25, -0.2) is 0 Å². The van der Waals surface area contributed by atoms with Crippen LogP contribution < -0.4 is 10.1 Å². The highest BCUT2D eigenvalue weighted by atomic mass is 16.5. The summed E-state index contributed by atoms with van der Waals surface area (Å²) in [4.78, 5) is 16.5. The molecule has 0 atom stereocenters. The monoisotopic (exact) mass is 392 g/mol. The standard InChI is InChI=1S/C20H20N6O3/c1-3-16-22-20(29-25-16)15-8-5-9-26-17(23-24-19(15)26)11-21-18(27)12-28-14-7-4-6-13(2)10-14/h4-10H,3,11-12H2,1-2H3,(H,21,27). The Labute approximate surface area is 166 Å². The van der Waals surface area contributed by atoms with Crippen LogP contribution in [0.15, 0.2) is 47.1 Å². The summed E-state index contributed by atoms with van der Waals surface area (Å²) in [5.74, 6) is 2.01. The van der Waals surface area contributed by atoms with Crippen molar-refractivity contribution in [3.8, 4) is 17.2 Å². The van der Waals surface area contributed by atoms with Crippen LogP contribution >= 0.6 is 0 Å². The first kappa shape index (κ1) is 18.6. The van der Waals surface area contributed by atoms with Gasteiger partial charge in [-0.1, -0.05) is 24.2 Å². The first-order valence-corrected chi connectivity index (χ1v) is 9.26. The van der Waals surface area contributed by atoms with Crippen molar-refractivity contribution in [2.75, 3.05) is 6.61 Å². The highest BCUT2D eigenvalue weighted by Crippen LogP contribution is 2.22. The molecule has 0 unspecified atom stereocenters. The van der Waals surface area contributed by atoms with E-state index in [0.717, 1.165) is 5.56 Å². The Bertz CT molecular complexity index is 1150. The van der Waals surface area contributed by atoms with Gasteiger partial charge in [-0.2, -0.15) is 4.98 Å². The average Bonchev–Trinajstić information content (AvgIpc) is 3.37. The zero-order valence-electron chi connectivity index (χ0n) is 16.1. The quantitative estimate of drug-likeness (QED) is 0.514. The topological polar surface area (TPSA) is 107 Å². The van der Waals surface area contributed by atoms with Crippen LogP contribution in [0.4, 0.5) is 0 Å². The summed E-state index contributed by atoms with van der Waals surface area (Å²) in [6.07, 6.45) is 2.50. The Morgan fingerprint density at radius 1 is 1.24 bits per heavy atom. The van der Waals surface area contributed by atoms with Gasteiger partial charge in [-0.15, -0.1) is 10.2 Å². The molecule has 4 rings (SSSR count). The SMILES string of the molecule is CCc1noc(-c2cccn3c(CNC(=O)COc4cccc(C)c4)nnc23)n1. The highest BCUT2D eigenvalue weighted by Gasteiger charge is 2.16. The number of amides is 1. The average molecular weight is 392 g/mol. The normalized spacial score (nSPS) is 11.0. The second-order valence-corrected chi connectivity index (χ2v) is 6.48. The number of benzene rings is 1. The molecule has 0 saturated heterocycles. The number of pyridine rings is 1. The number of carbonyl (C=O) groups excluding carboxylic acids is 1. The smallest absolute Gasteiger partial charge is 0.261 e. The third-order valence-electron chi connectivity index (χ3n) is 4.32. The molecule has 0 saturated carbocycles. The summed E-state index contributed by atoms with van der Waals surface area (Å²) < 4.78 is 12.6. The Kier molecular flexibility index (Phi) is 5.19. The van der Waals surface area contributed by atoms with Gasteiger partial charge in [0.25, 0.3) is 11.8 Å². The van der Waals surface area contributed by atoms with Crippen molar-refractivity contribution in [1.82, 2.24) is 30.1 Å². The lowest BCUT2D eigenvalue weighted by atomic mass is 10.2. The number of rotatable bonds is 7. The van der Waals surface area contributed by atoms with Gasteiger partial charge in [0.05, 0.1) is 12.1 Å². The molecule has 148 valence electrons. The molecule has 0 aliphatic carbocycles. The van der Waals surface area contributed by atoms with E-state index >= 15 is 0 Å².